The molecule has 1 fully saturated rings. The van der Waals surface area contributed by atoms with E-state index in [1.807, 2.05) is 13.8 Å². The zero-order valence-corrected chi connectivity index (χ0v) is 15.4. The quantitative estimate of drug-likeness (QED) is 0.717. The highest BCUT2D eigenvalue weighted by atomic mass is 35.5. The monoisotopic (exact) mass is 371 g/mol. The number of rotatable bonds is 6. The van der Waals surface area contributed by atoms with Crippen molar-refractivity contribution in [2.24, 2.45) is 17.6 Å². The van der Waals surface area contributed by atoms with Crippen LogP contribution in [0.5, 0.6) is 0 Å². The highest BCUT2D eigenvalue weighted by Gasteiger charge is 2.31. The van der Waals surface area contributed by atoms with Crippen molar-refractivity contribution >= 4 is 24.2 Å². The van der Waals surface area contributed by atoms with E-state index in [1.54, 1.807) is 6.07 Å². The van der Waals surface area contributed by atoms with Gasteiger partial charge in [-0.1, -0.05) is 32.4 Å². The Bertz CT molecular complexity index is 597. The Kier molecular flexibility index (Phi) is 8.32. The van der Waals surface area contributed by atoms with E-state index in [4.69, 9.17) is 5.73 Å². The second-order valence-electron chi connectivity index (χ2n) is 6.72. The van der Waals surface area contributed by atoms with E-state index in [0.29, 0.717) is 6.54 Å². The topological polar surface area (TPSA) is 84.2 Å². The smallest absolute Gasteiger partial charge is 0.254 e. The molecule has 5 nitrogen and oxygen atoms in total. The van der Waals surface area contributed by atoms with Crippen LogP contribution in [0.25, 0.3) is 0 Å². The van der Waals surface area contributed by atoms with E-state index in [9.17, 15) is 14.0 Å². The van der Waals surface area contributed by atoms with Crippen molar-refractivity contribution in [1.29, 1.82) is 0 Å². The first-order valence-corrected chi connectivity index (χ1v) is 8.49. The molecule has 25 heavy (non-hydrogen) atoms. The number of hydrogen-bond donors (Lipinski definition) is 3. The Labute approximate surface area is 154 Å². The molecule has 0 bridgehead atoms. The average Bonchev–Trinajstić information content (AvgIpc) is 2.99. The van der Waals surface area contributed by atoms with Crippen LogP contribution in [-0.4, -0.2) is 30.4 Å². The summed E-state index contributed by atoms with van der Waals surface area (Å²) in [5.74, 6) is -1.25. The Morgan fingerprint density at radius 3 is 2.56 bits per heavy atom. The van der Waals surface area contributed by atoms with E-state index >= 15 is 0 Å². The van der Waals surface area contributed by atoms with Crippen LogP contribution in [0.2, 0.25) is 0 Å². The largest absolute Gasteiger partial charge is 0.351 e. The van der Waals surface area contributed by atoms with Crippen LogP contribution < -0.4 is 16.4 Å². The van der Waals surface area contributed by atoms with Gasteiger partial charge in [0.1, 0.15) is 11.9 Å². The predicted molar refractivity (Wildman–Crippen MR) is 98.1 cm³/mol. The number of halogens is 2. The van der Waals surface area contributed by atoms with Gasteiger partial charge < -0.3 is 16.4 Å². The van der Waals surface area contributed by atoms with Gasteiger partial charge in [0.15, 0.2) is 0 Å². The molecule has 0 heterocycles. The minimum Gasteiger partial charge on any atom is -0.351 e. The first-order chi connectivity index (χ1) is 11.4. The molecule has 1 aliphatic rings. The normalized spacial score (nSPS) is 20.7. The van der Waals surface area contributed by atoms with Crippen molar-refractivity contribution in [1.82, 2.24) is 10.6 Å². The zero-order chi connectivity index (χ0) is 17.7. The van der Waals surface area contributed by atoms with Gasteiger partial charge in [-0.2, -0.15) is 0 Å². The second-order valence-corrected chi connectivity index (χ2v) is 6.72. The second kappa shape index (κ2) is 9.73. The lowest BCUT2D eigenvalue weighted by molar-refractivity contribution is -0.124. The van der Waals surface area contributed by atoms with Crippen LogP contribution in [0.3, 0.4) is 0 Å². The van der Waals surface area contributed by atoms with Gasteiger partial charge in [0.25, 0.3) is 5.91 Å². The van der Waals surface area contributed by atoms with Gasteiger partial charge in [0.05, 0.1) is 5.56 Å². The maximum atomic E-state index is 13.7. The number of amides is 2. The molecule has 7 heteroatoms. The average molecular weight is 372 g/mol. The summed E-state index contributed by atoms with van der Waals surface area (Å²) >= 11 is 0. The number of carbonyl (C=O) groups excluding carboxylic acids is 2. The summed E-state index contributed by atoms with van der Waals surface area (Å²) in [5.41, 5.74) is 5.69. The van der Waals surface area contributed by atoms with Crippen molar-refractivity contribution in [3.05, 3.63) is 35.6 Å². The molecule has 0 spiro atoms. The van der Waals surface area contributed by atoms with Crippen LogP contribution in [0.15, 0.2) is 24.3 Å². The molecule has 3 atom stereocenters. The first kappa shape index (κ1) is 21.4. The van der Waals surface area contributed by atoms with Gasteiger partial charge in [0, 0.05) is 6.04 Å². The minimum absolute atomic E-state index is 0. The predicted octanol–water partition coefficient (Wildman–Crippen LogP) is 2.25. The third-order valence-electron chi connectivity index (χ3n) is 4.64. The lowest BCUT2D eigenvalue weighted by atomic mass is 10.00. The SMILES string of the molecule is CC(C)C(NC(=O)c1ccccc1F)C(=O)NC1CCCC1CN.Cl. The van der Waals surface area contributed by atoms with Crippen molar-refractivity contribution in [2.45, 2.75) is 45.2 Å². The summed E-state index contributed by atoms with van der Waals surface area (Å²) in [6.45, 7) is 4.24. The number of nitrogens with one attached hydrogen (secondary N) is 2. The highest BCUT2D eigenvalue weighted by Crippen LogP contribution is 2.24. The standard InChI is InChI=1S/C18H26FN3O2.ClH/c1-11(2)16(18(24)21-15-9-5-6-12(15)10-20)22-17(23)13-7-3-4-8-14(13)19;/h3-4,7-8,11-12,15-16H,5-6,9-10,20H2,1-2H3,(H,21,24)(H,22,23);1H. The fraction of sp³-hybridized carbons (Fsp3) is 0.556. The van der Waals surface area contributed by atoms with Gasteiger partial charge in [-0.05, 0) is 43.4 Å². The van der Waals surface area contributed by atoms with Crippen LogP contribution in [-0.2, 0) is 4.79 Å². The van der Waals surface area contributed by atoms with Gasteiger partial charge in [0.2, 0.25) is 5.91 Å². The van der Waals surface area contributed by atoms with E-state index in [0.717, 1.165) is 19.3 Å². The van der Waals surface area contributed by atoms with Crippen molar-refractivity contribution < 1.29 is 14.0 Å². The summed E-state index contributed by atoms with van der Waals surface area (Å²) in [6, 6.07) is 5.08. The third kappa shape index (κ3) is 5.41. The van der Waals surface area contributed by atoms with E-state index in [-0.39, 0.29) is 41.8 Å². The lowest BCUT2D eigenvalue weighted by Gasteiger charge is -2.26. The molecule has 140 valence electrons. The molecule has 0 radical (unpaired) electrons. The molecular weight excluding hydrogens is 345 g/mol. The molecule has 0 saturated heterocycles. The van der Waals surface area contributed by atoms with Crippen LogP contribution in [0.1, 0.15) is 43.5 Å². The molecule has 0 aromatic heterocycles. The van der Waals surface area contributed by atoms with Crippen molar-refractivity contribution in [2.75, 3.05) is 6.54 Å². The van der Waals surface area contributed by atoms with Crippen molar-refractivity contribution in [3.63, 3.8) is 0 Å². The number of benzene rings is 1. The molecule has 4 N–H and O–H groups in total. The molecular formula is C18H27ClFN3O2. The zero-order valence-electron chi connectivity index (χ0n) is 14.6. The molecule has 2 rings (SSSR count). The minimum atomic E-state index is -0.712. The molecule has 0 aliphatic heterocycles. The first-order valence-electron chi connectivity index (χ1n) is 8.49. The van der Waals surface area contributed by atoms with E-state index in [2.05, 4.69) is 10.6 Å². The maximum Gasteiger partial charge on any atom is 0.254 e. The van der Waals surface area contributed by atoms with Gasteiger partial charge in [-0.25, -0.2) is 4.39 Å². The number of carbonyl (C=O) groups is 2. The summed E-state index contributed by atoms with van der Waals surface area (Å²) < 4.78 is 13.7. The van der Waals surface area contributed by atoms with Crippen LogP contribution in [0.4, 0.5) is 4.39 Å². The Balaban J connectivity index is 0.00000312. The molecule has 3 unspecified atom stereocenters. The van der Waals surface area contributed by atoms with Crippen LogP contribution in [0, 0.1) is 17.7 Å². The molecule has 1 aromatic carbocycles. The summed E-state index contributed by atoms with van der Waals surface area (Å²) in [5, 5.41) is 5.66. The molecule has 2 amide bonds. The fourth-order valence-electron chi connectivity index (χ4n) is 3.18. The Morgan fingerprint density at radius 2 is 1.96 bits per heavy atom. The van der Waals surface area contributed by atoms with Crippen molar-refractivity contribution in [3.8, 4) is 0 Å². The number of nitrogens with two attached hydrogens (primary N) is 1. The van der Waals surface area contributed by atoms with Crippen LogP contribution >= 0.6 is 12.4 Å². The third-order valence-corrected chi connectivity index (χ3v) is 4.64. The summed E-state index contributed by atoms with van der Waals surface area (Å²) in [4.78, 5) is 24.9. The van der Waals surface area contributed by atoms with E-state index in [1.165, 1.54) is 18.2 Å². The van der Waals surface area contributed by atoms with Gasteiger partial charge in [-0.3, -0.25) is 9.59 Å². The summed E-state index contributed by atoms with van der Waals surface area (Å²) in [7, 11) is 0. The fourth-order valence-corrected chi connectivity index (χ4v) is 3.18. The molecule has 1 saturated carbocycles. The molecule has 1 aliphatic carbocycles. The van der Waals surface area contributed by atoms with Gasteiger partial charge in [-0.15, -0.1) is 12.4 Å². The highest BCUT2D eigenvalue weighted by molar-refractivity contribution is 5.97. The van der Waals surface area contributed by atoms with E-state index < -0.39 is 17.8 Å². The number of hydrogen-bond acceptors (Lipinski definition) is 3. The van der Waals surface area contributed by atoms with Gasteiger partial charge >= 0.3 is 0 Å². The Hall–Kier alpha value is -1.66. The maximum absolute atomic E-state index is 13.7. The Morgan fingerprint density at radius 1 is 1.28 bits per heavy atom. The lowest BCUT2D eigenvalue weighted by Crippen LogP contribution is -2.53. The summed E-state index contributed by atoms with van der Waals surface area (Å²) in [6.07, 6.45) is 2.95. The molecule has 1 aromatic rings.